The number of piperidine rings is 1. The van der Waals surface area contributed by atoms with E-state index in [1.54, 1.807) is 4.90 Å². The highest BCUT2D eigenvalue weighted by molar-refractivity contribution is 4.63. The molecular weight excluding hydrogens is 146 g/mol. The van der Waals surface area contributed by atoms with E-state index in [9.17, 15) is 0 Å². The molecule has 1 saturated heterocycles. The summed E-state index contributed by atoms with van der Waals surface area (Å²) in [6, 6.07) is 0. The van der Waals surface area contributed by atoms with E-state index < -0.39 is 0 Å². The summed E-state index contributed by atoms with van der Waals surface area (Å²) in [5.41, 5.74) is 0. The topological polar surface area (TPSA) is 4.44 Å². The third-order valence-electron chi connectivity index (χ3n) is 1.99. The Morgan fingerprint density at radius 1 is 1.20 bits per heavy atom. The maximum Gasteiger partial charge on any atom is 0.0955 e. The lowest BCUT2D eigenvalue weighted by Gasteiger charge is -2.21. The molecule has 0 aromatic heterocycles. The number of quaternary nitrogens is 1. The first-order valence-electron chi connectivity index (χ1n) is 3.88. The van der Waals surface area contributed by atoms with E-state index >= 15 is 0 Å². The van der Waals surface area contributed by atoms with Gasteiger partial charge in [-0.25, -0.2) is 0 Å². The fourth-order valence-corrected chi connectivity index (χ4v) is 1.46. The Morgan fingerprint density at radius 2 is 1.80 bits per heavy atom. The lowest BCUT2D eigenvalue weighted by Crippen LogP contribution is -3.12. The summed E-state index contributed by atoms with van der Waals surface area (Å²) in [5.74, 6) is 0. The molecule has 0 unspecified atom stereocenters. The number of hydrogen-bond acceptors (Lipinski definition) is 0. The second kappa shape index (κ2) is 5.75. The van der Waals surface area contributed by atoms with Crippen LogP contribution in [-0.2, 0) is 0 Å². The van der Waals surface area contributed by atoms with Crippen LogP contribution < -0.4 is 17.3 Å². The Kier molecular flexibility index (Phi) is 5.74. The third-order valence-corrected chi connectivity index (χ3v) is 1.99. The van der Waals surface area contributed by atoms with Crippen molar-refractivity contribution in [3.63, 3.8) is 0 Å². The van der Waals surface area contributed by atoms with Gasteiger partial charge in [0, 0.05) is 0 Å². The van der Waals surface area contributed by atoms with Gasteiger partial charge < -0.3 is 17.3 Å². The van der Waals surface area contributed by atoms with Crippen LogP contribution in [0, 0.1) is 0 Å². The van der Waals surface area contributed by atoms with E-state index in [0.717, 1.165) is 0 Å². The van der Waals surface area contributed by atoms with Gasteiger partial charge in [0.25, 0.3) is 0 Å². The molecule has 1 fully saturated rings. The fourth-order valence-electron chi connectivity index (χ4n) is 1.46. The van der Waals surface area contributed by atoms with Gasteiger partial charge in [0.15, 0.2) is 0 Å². The van der Waals surface area contributed by atoms with Crippen LogP contribution >= 0.6 is 0 Å². The maximum absolute atomic E-state index is 3.73. The van der Waals surface area contributed by atoms with Crippen LogP contribution in [0.2, 0.25) is 0 Å². The Bertz CT molecular complexity index is 87.3. The second-order valence-electron chi connectivity index (χ2n) is 2.80. The molecule has 1 aliphatic rings. The van der Waals surface area contributed by atoms with Crippen molar-refractivity contribution >= 4 is 0 Å². The summed E-state index contributed by atoms with van der Waals surface area (Å²) in [6.07, 6.45) is 6.31. The lowest BCUT2D eigenvalue weighted by atomic mass is 10.1. The normalized spacial score (nSPS) is 19.6. The van der Waals surface area contributed by atoms with Crippen molar-refractivity contribution < 1.29 is 17.3 Å². The monoisotopic (exact) mass is 161 g/mol. The predicted octanol–water partition coefficient (Wildman–Crippen LogP) is -2.75. The molecule has 0 bridgehead atoms. The molecule has 60 valence electrons. The number of halogens is 1. The fraction of sp³-hybridized carbons (Fsp3) is 0.750. The Hall–Kier alpha value is -0.0100. The molecule has 0 aromatic carbocycles. The van der Waals surface area contributed by atoms with Gasteiger partial charge in [-0.1, -0.05) is 6.58 Å². The average molecular weight is 162 g/mol. The Balaban J connectivity index is 0.000000810. The highest BCUT2D eigenvalue weighted by atomic mass is 35.5. The first kappa shape index (κ1) is 9.99. The van der Waals surface area contributed by atoms with Gasteiger partial charge in [-0.3, -0.25) is 0 Å². The molecule has 0 radical (unpaired) electrons. The van der Waals surface area contributed by atoms with Gasteiger partial charge in [0.2, 0.25) is 0 Å². The van der Waals surface area contributed by atoms with Crippen molar-refractivity contribution in [3.05, 3.63) is 12.7 Å². The molecule has 0 amide bonds. The first-order chi connectivity index (χ1) is 4.43. The zero-order chi connectivity index (χ0) is 6.53. The number of likely N-dealkylation sites (tertiary alicyclic amines) is 1. The summed E-state index contributed by atoms with van der Waals surface area (Å²) in [5, 5.41) is 0. The second-order valence-corrected chi connectivity index (χ2v) is 2.80. The van der Waals surface area contributed by atoms with Gasteiger partial charge >= 0.3 is 0 Å². The lowest BCUT2D eigenvalue weighted by molar-refractivity contribution is -0.898. The van der Waals surface area contributed by atoms with E-state index in [0.29, 0.717) is 0 Å². The SMILES string of the molecule is C=CC[NH+]1CCCCC1.[Cl-]. The van der Waals surface area contributed by atoms with Gasteiger partial charge in [0.1, 0.15) is 0 Å². The Morgan fingerprint density at radius 3 is 2.30 bits per heavy atom. The molecule has 0 atom stereocenters. The zero-order valence-electron chi connectivity index (χ0n) is 6.41. The number of rotatable bonds is 2. The summed E-state index contributed by atoms with van der Waals surface area (Å²) in [4.78, 5) is 1.72. The predicted molar refractivity (Wildman–Crippen MR) is 39.6 cm³/mol. The Labute approximate surface area is 69.5 Å². The molecule has 0 spiro atoms. The van der Waals surface area contributed by atoms with E-state index in [1.807, 2.05) is 6.08 Å². The van der Waals surface area contributed by atoms with E-state index in [4.69, 9.17) is 0 Å². The average Bonchev–Trinajstić information content (AvgIpc) is 1.91. The molecule has 0 saturated carbocycles. The minimum Gasteiger partial charge on any atom is -1.00 e. The van der Waals surface area contributed by atoms with Crippen molar-refractivity contribution in [1.82, 2.24) is 0 Å². The minimum absolute atomic E-state index is 0. The van der Waals surface area contributed by atoms with Crippen LogP contribution in [0.25, 0.3) is 0 Å². The van der Waals surface area contributed by atoms with Gasteiger partial charge in [-0.2, -0.15) is 0 Å². The zero-order valence-corrected chi connectivity index (χ0v) is 7.16. The van der Waals surface area contributed by atoms with Gasteiger partial charge in [-0.05, 0) is 25.3 Å². The number of hydrogen-bond donors (Lipinski definition) is 1. The van der Waals surface area contributed by atoms with Crippen molar-refractivity contribution in [2.24, 2.45) is 0 Å². The largest absolute Gasteiger partial charge is 1.00 e. The molecule has 10 heavy (non-hydrogen) atoms. The molecule has 0 aromatic rings. The molecule has 2 heteroatoms. The minimum atomic E-state index is 0. The highest BCUT2D eigenvalue weighted by Crippen LogP contribution is 1.93. The van der Waals surface area contributed by atoms with Gasteiger partial charge in [-0.15, -0.1) is 0 Å². The highest BCUT2D eigenvalue weighted by Gasteiger charge is 2.10. The van der Waals surface area contributed by atoms with Crippen LogP contribution in [0.5, 0.6) is 0 Å². The van der Waals surface area contributed by atoms with Crippen LogP contribution in [0.4, 0.5) is 0 Å². The molecular formula is C8H16ClN. The molecule has 1 N–H and O–H groups in total. The van der Waals surface area contributed by atoms with Crippen LogP contribution in [-0.4, -0.2) is 19.6 Å². The third kappa shape index (κ3) is 3.23. The van der Waals surface area contributed by atoms with Crippen LogP contribution in [0.3, 0.4) is 0 Å². The van der Waals surface area contributed by atoms with Crippen LogP contribution in [0.15, 0.2) is 12.7 Å². The molecule has 1 aliphatic heterocycles. The summed E-state index contributed by atoms with van der Waals surface area (Å²) in [6.45, 7) is 7.63. The van der Waals surface area contributed by atoms with E-state index in [-0.39, 0.29) is 12.4 Å². The van der Waals surface area contributed by atoms with Crippen molar-refractivity contribution in [1.29, 1.82) is 0 Å². The molecule has 0 aliphatic carbocycles. The van der Waals surface area contributed by atoms with Gasteiger partial charge in [0.05, 0.1) is 19.6 Å². The quantitative estimate of drug-likeness (QED) is 0.419. The molecule has 1 rings (SSSR count). The number of nitrogens with one attached hydrogen (secondary N) is 1. The van der Waals surface area contributed by atoms with Crippen molar-refractivity contribution in [2.45, 2.75) is 19.3 Å². The summed E-state index contributed by atoms with van der Waals surface area (Å²) >= 11 is 0. The maximum atomic E-state index is 3.73. The van der Waals surface area contributed by atoms with Crippen molar-refractivity contribution in [3.8, 4) is 0 Å². The summed E-state index contributed by atoms with van der Waals surface area (Å²) in [7, 11) is 0. The standard InChI is InChI=1S/C8H15N.ClH/c1-2-6-9-7-4-3-5-8-9;/h2H,1,3-8H2;1H. The smallest absolute Gasteiger partial charge is 0.0955 e. The van der Waals surface area contributed by atoms with E-state index in [2.05, 4.69) is 6.58 Å². The molecule has 1 heterocycles. The van der Waals surface area contributed by atoms with E-state index in [1.165, 1.54) is 38.9 Å². The van der Waals surface area contributed by atoms with Crippen LogP contribution in [0.1, 0.15) is 19.3 Å². The van der Waals surface area contributed by atoms with Crippen molar-refractivity contribution in [2.75, 3.05) is 19.6 Å². The summed E-state index contributed by atoms with van der Waals surface area (Å²) < 4.78 is 0. The first-order valence-corrected chi connectivity index (χ1v) is 3.88. The molecule has 1 nitrogen and oxygen atoms in total.